The van der Waals surface area contributed by atoms with E-state index in [9.17, 15) is 18.0 Å². The van der Waals surface area contributed by atoms with E-state index in [1.54, 1.807) is 56.0 Å². The molecule has 2 N–H and O–H groups in total. The van der Waals surface area contributed by atoms with Crippen LogP contribution >= 0.6 is 11.6 Å². The van der Waals surface area contributed by atoms with E-state index in [1.807, 2.05) is 6.08 Å². The Balaban J connectivity index is 1.90. The quantitative estimate of drug-likeness (QED) is 0.407. The van der Waals surface area contributed by atoms with E-state index in [2.05, 4.69) is 5.32 Å². The number of amides is 2. The molecule has 0 atom stereocenters. The molecule has 0 aromatic heterocycles. The average Bonchev–Trinajstić information content (AvgIpc) is 2.85. The van der Waals surface area contributed by atoms with Gasteiger partial charge in [0, 0.05) is 43.1 Å². The van der Waals surface area contributed by atoms with Crippen LogP contribution in [-0.2, 0) is 24.5 Å². The first kappa shape index (κ1) is 30.5. The number of fused-ring (bicyclic) bond motifs is 11. The molecule has 1 saturated heterocycles. The second-order valence-electron chi connectivity index (χ2n) is 10.0. The molecule has 3 aliphatic heterocycles. The van der Waals surface area contributed by atoms with Gasteiger partial charge in [-0.3, -0.25) is 4.79 Å². The van der Waals surface area contributed by atoms with Crippen molar-refractivity contribution in [2.45, 2.75) is 45.6 Å². The first-order chi connectivity index (χ1) is 18.4. The highest BCUT2D eigenvalue weighted by Crippen LogP contribution is 2.22. The summed E-state index contributed by atoms with van der Waals surface area (Å²) in [7, 11) is -4.19. The van der Waals surface area contributed by atoms with Crippen LogP contribution in [0.5, 0.6) is 0 Å². The minimum atomic E-state index is -4.19. The summed E-state index contributed by atoms with van der Waals surface area (Å²) in [5, 5.41) is 11.3. The molecule has 1 fully saturated rings. The first-order valence-electron chi connectivity index (χ1n) is 12.8. The predicted molar refractivity (Wildman–Crippen MR) is 150 cm³/mol. The van der Waals surface area contributed by atoms with E-state index in [4.69, 9.17) is 26.5 Å². The lowest BCUT2D eigenvalue weighted by Crippen LogP contribution is -2.55. The lowest BCUT2D eigenvalue weighted by molar-refractivity contribution is -0.116. The summed E-state index contributed by atoms with van der Waals surface area (Å²) in [5.74, 6) is -0.567. The van der Waals surface area contributed by atoms with Crippen molar-refractivity contribution in [2.75, 3.05) is 44.6 Å². The molecule has 3 aliphatic rings. The maximum atomic E-state index is 13.5. The molecule has 214 valence electrons. The molecular formula is C26H36ClN5O6S. The van der Waals surface area contributed by atoms with Gasteiger partial charge in [-0.2, -0.15) is 17.0 Å². The van der Waals surface area contributed by atoms with Gasteiger partial charge in [-0.25, -0.2) is 4.79 Å². The van der Waals surface area contributed by atoms with Crippen molar-refractivity contribution >= 4 is 45.7 Å². The fourth-order valence-electron chi connectivity index (χ4n) is 4.01. The second kappa shape index (κ2) is 13.3. The molecule has 1 aromatic carbocycles. The molecular weight excluding hydrogens is 546 g/mol. The number of benzene rings is 1. The average molecular weight is 582 g/mol. The van der Waals surface area contributed by atoms with Gasteiger partial charge in [0.15, 0.2) is 0 Å². The van der Waals surface area contributed by atoms with E-state index in [0.717, 1.165) is 10.5 Å². The highest BCUT2D eigenvalue weighted by molar-refractivity contribution is 7.87. The largest absolute Gasteiger partial charge is 0.486 e. The van der Waals surface area contributed by atoms with Crippen molar-refractivity contribution in [3.05, 3.63) is 52.9 Å². The number of carbonyl (C=O) groups excluding carboxylic acids is 2. The number of piperazine rings is 1. The molecule has 0 spiro atoms. The van der Waals surface area contributed by atoms with E-state index >= 15 is 0 Å². The maximum Gasteiger partial charge on any atom is 0.425 e. The number of nitrogens with zero attached hydrogens (tertiary/aromatic N) is 3. The van der Waals surface area contributed by atoms with Crippen LogP contribution in [0.3, 0.4) is 0 Å². The third-order valence-corrected chi connectivity index (χ3v) is 8.00. The van der Waals surface area contributed by atoms with Crippen LogP contribution in [0.2, 0.25) is 5.02 Å². The van der Waals surface area contributed by atoms with Crippen molar-refractivity contribution in [1.29, 1.82) is 5.41 Å². The van der Waals surface area contributed by atoms with Crippen LogP contribution in [0.25, 0.3) is 0 Å². The summed E-state index contributed by atoms with van der Waals surface area (Å²) < 4.78 is 40.3. The zero-order chi connectivity index (χ0) is 28.6. The molecule has 2 amide bonds. The van der Waals surface area contributed by atoms with Crippen LogP contribution in [0.1, 0.15) is 40.0 Å². The maximum absolute atomic E-state index is 13.5. The number of hydrogen-bond acceptors (Lipinski definition) is 8. The van der Waals surface area contributed by atoms with Gasteiger partial charge in [0.1, 0.15) is 11.3 Å². The topological polar surface area (TPSA) is 132 Å². The Morgan fingerprint density at radius 2 is 1.85 bits per heavy atom. The zero-order valence-corrected chi connectivity index (χ0v) is 24.1. The minimum absolute atomic E-state index is 0.0284. The van der Waals surface area contributed by atoms with Crippen LogP contribution in [0.4, 0.5) is 10.5 Å². The monoisotopic (exact) mass is 581 g/mol. The van der Waals surface area contributed by atoms with Gasteiger partial charge in [-0.15, -0.1) is 0 Å². The zero-order valence-electron chi connectivity index (χ0n) is 22.5. The lowest BCUT2D eigenvalue weighted by atomic mass is 10.2. The predicted octanol–water partition coefficient (Wildman–Crippen LogP) is 4.00. The third kappa shape index (κ3) is 8.45. The molecule has 11 nitrogen and oxygen atoms in total. The normalized spacial score (nSPS) is 22.1. The van der Waals surface area contributed by atoms with Crippen molar-refractivity contribution in [3.8, 4) is 0 Å². The van der Waals surface area contributed by atoms with E-state index in [0.29, 0.717) is 30.0 Å². The Labute approximate surface area is 235 Å². The summed E-state index contributed by atoms with van der Waals surface area (Å²) in [4.78, 5) is 27.9. The summed E-state index contributed by atoms with van der Waals surface area (Å²) >= 11 is 6.05. The Morgan fingerprint density at radius 1 is 1.13 bits per heavy atom. The van der Waals surface area contributed by atoms with E-state index in [1.165, 1.54) is 4.31 Å². The fourth-order valence-corrected chi connectivity index (χ4v) is 5.61. The summed E-state index contributed by atoms with van der Waals surface area (Å²) in [5.41, 5.74) is -0.151. The third-order valence-electron chi connectivity index (χ3n) is 5.89. The number of carbonyl (C=O) groups is 2. The highest BCUT2D eigenvalue weighted by atomic mass is 35.5. The van der Waals surface area contributed by atoms with Crippen LogP contribution in [0.15, 0.2) is 47.9 Å². The smallest absolute Gasteiger partial charge is 0.425 e. The van der Waals surface area contributed by atoms with E-state index in [-0.39, 0.29) is 50.8 Å². The number of halogens is 1. The molecule has 2 bridgehead atoms. The van der Waals surface area contributed by atoms with Gasteiger partial charge in [0.25, 0.3) is 5.91 Å². The van der Waals surface area contributed by atoms with E-state index < -0.39 is 27.8 Å². The van der Waals surface area contributed by atoms with Crippen LogP contribution in [-0.4, -0.2) is 85.1 Å². The van der Waals surface area contributed by atoms with Gasteiger partial charge in [-0.05, 0) is 58.2 Å². The number of rotatable bonds is 3. The number of nitrogens with one attached hydrogen (secondary N) is 2. The molecule has 4 rings (SSSR count). The highest BCUT2D eigenvalue weighted by Gasteiger charge is 2.38. The Morgan fingerprint density at radius 3 is 2.49 bits per heavy atom. The van der Waals surface area contributed by atoms with Gasteiger partial charge < -0.3 is 25.1 Å². The van der Waals surface area contributed by atoms with Crippen LogP contribution in [0, 0.1) is 5.41 Å². The van der Waals surface area contributed by atoms with Gasteiger partial charge in [0.05, 0.1) is 13.2 Å². The fraction of sp³-hybridized carbons (Fsp3) is 0.500. The van der Waals surface area contributed by atoms with Crippen molar-refractivity contribution in [3.63, 3.8) is 0 Å². The summed E-state index contributed by atoms with van der Waals surface area (Å²) in [6, 6.07) is 6.69. The number of hydrogen-bond donors (Lipinski definition) is 2. The number of anilines is 1. The molecule has 0 aliphatic carbocycles. The minimum Gasteiger partial charge on any atom is -0.486 e. The number of allylic oxidation sites excluding steroid dienone is 2. The van der Waals surface area contributed by atoms with Crippen molar-refractivity contribution < 1.29 is 27.5 Å². The van der Waals surface area contributed by atoms with Crippen LogP contribution < -0.4 is 5.32 Å². The summed E-state index contributed by atoms with van der Waals surface area (Å²) in [6.07, 6.45) is 5.48. The molecule has 13 heteroatoms. The molecule has 1 aromatic rings. The first-order valence-corrected chi connectivity index (χ1v) is 14.5. The van der Waals surface area contributed by atoms with Crippen molar-refractivity contribution in [2.24, 2.45) is 0 Å². The molecule has 0 unspecified atom stereocenters. The SMILES string of the molecule is CC(C)(C)OC(=O)N1C/C=C/CCCCO/C(C(=O)Nc2cccc(Cl)c2)=C(/C=N)N2CCN(CC2)S1(=O)=O. The number of ether oxygens (including phenoxy) is 2. The molecule has 39 heavy (non-hydrogen) atoms. The van der Waals surface area contributed by atoms with Gasteiger partial charge >= 0.3 is 16.3 Å². The Kier molecular flexibility index (Phi) is 10.4. The molecule has 0 radical (unpaired) electrons. The molecule has 0 saturated carbocycles. The Hall–Kier alpha value is -3.09. The molecule has 3 heterocycles. The lowest BCUT2D eigenvalue weighted by Gasteiger charge is -2.38. The second-order valence-corrected chi connectivity index (χ2v) is 12.3. The van der Waals surface area contributed by atoms with Crippen molar-refractivity contribution in [1.82, 2.24) is 13.5 Å². The van der Waals surface area contributed by atoms with Gasteiger partial charge in [-0.1, -0.05) is 29.8 Å². The Bertz CT molecular complexity index is 1220. The standard InChI is InChI=1S/C26H36ClN5O6S/c1-26(2,3)38-25(34)32-12-7-5-4-6-8-17-37-23(24(33)29-21-11-9-10-20(27)18-21)22(19-28)30-13-15-31(16-14-30)39(32,35)36/h5,7,9-11,18-19,28H,4,6,8,12-17H2,1-3H3,(H,29,33)/b7-5+,23-22-,28-19?. The van der Waals surface area contributed by atoms with Gasteiger partial charge in [0.2, 0.25) is 5.76 Å². The summed E-state index contributed by atoms with van der Waals surface area (Å²) in [6.45, 7) is 5.56.